The second-order valence-electron chi connectivity index (χ2n) is 5.09. The van der Waals surface area contributed by atoms with Gasteiger partial charge in [-0.05, 0) is 12.1 Å². The standard InChI is InChI=1S/C14H15FN2O4/c1-20-9-2-3-11-10(8-9)16-12(21-11)14(15)4-6-17(7-5-14)13(18)19/h2-3,8H,4-7H2,1H3,(H,18,19). The molecule has 1 amide bonds. The second kappa shape index (κ2) is 4.91. The summed E-state index contributed by atoms with van der Waals surface area (Å²) in [4.78, 5) is 16.3. The van der Waals surface area contributed by atoms with Crippen molar-refractivity contribution < 1.29 is 23.4 Å². The van der Waals surface area contributed by atoms with Crippen LogP contribution in [0.2, 0.25) is 0 Å². The molecule has 1 saturated heterocycles. The van der Waals surface area contributed by atoms with Crippen LogP contribution >= 0.6 is 0 Å². The Kier molecular flexibility index (Phi) is 3.19. The molecule has 0 spiro atoms. The van der Waals surface area contributed by atoms with Crippen LogP contribution in [0.15, 0.2) is 22.6 Å². The molecular weight excluding hydrogens is 279 g/mol. The monoisotopic (exact) mass is 294 g/mol. The Labute approximate surface area is 120 Å². The Morgan fingerprint density at radius 3 is 2.81 bits per heavy atom. The molecule has 1 aromatic carbocycles. The molecule has 3 rings (SSSR count). The lowest BCUT2D eigenvalue weighted by atomic mass is 9.93. The average molecular weight is 294 g/mol. The van der Waals surface area contributed by atoms with Crippen molar-refractivity contribution in [2.75, 3.05) is 20.2 Å². The molecule has 21 heavy (non-hydrogen) atoms. The van der Waals surface area contributed by atoms with Gasteiger partial charge >= 0.3 is 6.09 Å². The molecule has 0 aliphatic carbocycles. The molecular formula is C14H15FN2O4. The number of piperidine rings is 1. The van der Waals surface area contributed by atoms with Gasteiger partial charge in [-0.2, -0.15) is 0 Å². The van der Waals surface area contributed by atoms with E-state index in [1.165, 1.54) is 4.90 Å². The number of fused-ring (bicyclic) bond motifs is 1. The summed E-state index contributed by atoms with van der Waals surface area (Å²) in [7, 11) is 1.54. The minimum atomic E-state index is -1.72. The van der Waals surface area contributed by atoms with Gasteiger partial charge in [0, 0.05) is 32.0 Å². The Balaban J connectivity index is 1.88. The lowest BCUT2D eigenvalue weighted by molar-refractivity contribution is 0.0358. The smallest absolute Gasteiger partial charge is 0.407 e. The number of hydrogen-bond acceptors (Lipinski definition) is 4. The van der Waals surface area contributed by atoms with Gasteiger partial charge in [-0.15, -0.1) is 0 Å². The molecule has 0 atom stereocenters. The molecule has 0 radical (unpaired) electrons. The maximum atomic E-state index is 15.0. The summed E-state index contributed by atoms with van der Waals surface area (Å²) < 4.78 is 25.5. The zero-order valence-corrected chi connectivity index (χ0v) is 11.5. The normalized spacial score (nSPS) is 17.9. The van der Waals surface area contributed by atoms with Gasteiger partial charge in [-0.25, -0.2) is 14.2 Å². The summed E-state index contributed by atoms with van der Waals surface area (Å²) in [5.74, 6) is 0.631. The van der Waals surface area contributed by atoms with Gasteiger partial charge in [0.25, 0.3) is 0 Å². The third kappa shape index (κ3) is 2.39. The fourth-order valence-corrected chi connectivity index (χ4v) is 2.49. The van der Waals surface area contributed by atoms with Crippen LogP contribution in [0.4, 0.5) is 9.18 Å². The van der Waals surface area contributed by atoms with E-state index in [-0.39, 0.29) is 31.8 Å². The summed E-state index contributed by atoms with van der Waals surface area (Å²) >= 11 is 0. The predicted molar refractivity (Wildman–Crippen MR) is 72.2 cm³/mol. The fourth-order valence-electron chi connectivity index (χ4n) is 2.49. The van der Waals surface area contributed by atoms with E-state index in [0.29, 0.717) is 16.8 Å². The number of likely N-dealkylation sites (tertiary alicyclic amines) is 1. The van der Waals surface area contributed by atoms with E-state index in [1.54, 1.807) is 25.3 Å². The Hall–Kier alpha value is -2.31. The first-order chi connectivity index (χ1) is 10.0. The highest BCUT2D eigenvalue weighted by molar-refractivity contribution is 5.74. The number of methoxy groups -OCH3 is 1. The summed E-state index contributed by atoms with van der Waals surface area (Å²) in [6.45, 7) is 0.266. The number of hydrogen-bond donors (Lipinski definition) is 1. The second-order valence-corrected chi connectivity index (χ2v) is 5.09. The predicted octanol–water partition coefficient (Wildman–Crippen LogP) is 2.78. The number of alkyl halides is 1. The Bertz CT molecular complexity index is 677. The first-order valence-corrected chi connectivity index (χ1v) is 6.64. The van der Waals surface area contributed by atoms with Crippen molar-refractivity contribution in [2.45, 2.75) is 18.5 Å². The van der Waals surface area contributed by atoms with Gasteiger partial charge < -0.3 is 19.2 Å². The maximum Gasteiger partial charge on any atom is 0.407 e. The van der Waals surface area contributed by atoms with Crippen molar-refractivity contribution in [1.82, 2.24) is 9.88 Å². The minimum absolute atomic E-state index is 0.00999. The zero-order valence-electron chi connectivity index (χ0n) is 11.5. The molecule has 1 aliphatic rings. The minimum Gasteiger partial charge on any atom is -0.497 e. The van der Waals surface area contributed by atoms with Crippen LogP contribution in [-0.2, 0) is 5.67 Å². The molecule has 1 fully saturated rings. The third-order valence-corrected chi connectivity index (χ3v) is 3.80. The van der Waals surface area contributed by atoms with Gasteiger partial charge in [0.05, 0.1) is 7.11 Å². The van der Waals surface area contributed by atoms with Gasteiger partial charge in [0.15, 0.2) is 11.3 Å². The lowest BCUT2D eigenvalue weighted by Gasteiger charge is -2.32. The number of ether oxygens (including phenoxy) is 1. The number of carbonyl (C=O) groups is 1. The van der Waals surface area contributed by atoms with E-state index in [9.17, 15) is 9.18 Å². The largest absolute Gasteiger partial charge is 0.497 e. The van der Waals surface area contributed by atoms with Gasteiger partial charge in [-0.3, -0.25) is 0 Å². The van der Waals surface area contributed by atoms with Gasteiger partial charge in [0.2, 0.25) is 5.89 Å². The first-order valence-electron chi connectivity index (χ1n) is 6.64. The molecule has 7 heteroatoms. The zero-order chi connectivity index (χ0) is 15.0. The average Bonchev–Trinajstić information content (AvgIpc) is 2.91. The van der Waals surface area contributed by atoms with Crippen LogP contribution in [-0.4, -0.2) is 41.3 Å². The number of nitrogens with zero attached hydrogens (tertiary/aromatic N) is 2. The number of oxazole rings is 1. The molecule has 2 heterocycles. The van der Waals surface area contributed by atoms with Crippen LogP contribution in [0.5, 0.6) is 5.75 Å². The van der Waals surface area contributed by atoms with Gasteiger partial charge in [-0.1, -0.05) is 0 Å². The first kappa shape index (κ1) is 13.7. The van der Waals surface area contributed by atoms with E-state index < -0.39 is 11.8 Å². The van der Waals surface area contributed by atoms with Crippen LogP contribution in [0.1, 0.15) is 18.7 Å². The van der Waals surface area contributed by atoms with Crippen LogP contribution in [0, 0.1) is 0 Å². The Morgan fingerprint density at radius 2 is 2.19 bits per heavy atom. The number of amides is 1. The fraction of sp³-hybridized carbons (Fsp3) is 0.429. The number of carboxylic acid groups (broad SMARTS) is 1. The van der Waals surface area contributed by atoms with Crippen molar-refractivity contribution in [3.8, 4) is 5.75 Å². The third-order valence-electron chi connectivity index (χ3n) is 3.80. The summed E-state index contributed by atoms with van der Waals surface area (Å²) in [5.41, 5.74) is -0.705. The molecule has 1 N–H and O–H groups in total. The van der Waals surface area contributed by atoms with Crippen molar-refractivity contribution >= 4 is 17.2 Å². The molecule has 6 nitrogen and oxygen atoms in total. The topological polar surface area (TPSA) is 75.8 Å². The van der Waals surface area contributed by atoms with Crippen molar-refractivity contribution in [3.63, 3.8) is 0 Å². The van der Waals surface area contributed by atoms with E-state index in [2.05, 4.69) is 4.98 Å². The van der Waals surface area contributed by atoms with Gasteiger partial charge in [0.1, 0.15) is 11.3 Å². The highest BCUT2D eigenvalue weighted by Gasteiger charge is 2.41. The van der Waals surface area contributed by atoms with Crippen LogP contribution < -0.4 is 4.74 Å². The molecule has 0 saturated carbocycles. The van der Waals surface area contributed by atoms with Crippen molar-refractivity contribution in [3.05, 3.63) is 24.1 Å². The number of halogens is 1. The van der Waals surface area contributed by atoms with E-state index in [4.69, 9.17) is 14.3 Å². The SMILES string of the molecule is COc1ccc2oc(C3(F)CCN(C(=O)O)CC3)nc2c1. The lowest BCUT2D eigenvalue weighted by Crippen LogP contribution is -2.42. The number of rotatable bonds is 2. The number of benzene rings is 1. The summed E-state index contributed by atoms with van der Waals surface area (Å²) in [5, 5.41) is 8.90. The van der Waals surface area contributed by atoms with E-state index in [1.807, 2.05) is 0 Å². The van der Waals surface area contributed by atoms with E-state index in [0.717, 1.165) is 0 Å². The molecule has 1 aromatic heterocycles. The quantitative estimate of drug-likeness (QED) is 0.921. The summed E-state index contributed by atoms with van der Waals surface area (Å²) in [6, 6.07) is 5.08. The highest BCUT2D eigenvalue weighted by Crippen LogP contribution is 2.38. The highest BCUT2D eigenvalue weighted by atomic mass is 19.1. The maximum absolute atomic E-state index is 15.0. The molecule has 0 bridgehead atoms. The molecule has 0 unspecified atom stereocenters. The molecule has 2 aromatic rings. The Morgan fingerprint density at radius 1 is 1.48 bits per heavy atom. The van der Waals surface area contributed by atoms with Crippen LogP contribution in [0.3, 0.4) is 0 Å². The molecule has 1 aliphatic heterocycles. The molecule has 112 valence electrons. The van der Waals surface area contributed by atoms with E-state index >= 15 is 0 Å². The van der Waals surface area contributed by atoms with Crippen molar-refractivity contribution in [2.24, 2.45) is 0 Å². The van der Waals surface area contributed by atoms with Crippen molar-refractivity contribution in [1.29, 1.82) is 0 Å². The summed E-state index contributed by atoms with van der Waals surface area (Å²) in [6.07, 6.45) is -0.939. The number of aromatic nitrogens is 1. The van der Waals surface area contributed by atoms with Crippen LogP contribution in [0.25, 0.3) is 11.1 Å².